The van der Waals surface area contributed by atoms with Crippen molar-refractivity contribution in [2.75, 3.05) is 25.7 Å². The van der Waals surface area contributed by atoms with Crippen molar-refractivity contribution in [2.24, 2.45) is 5.73 Å². The molecular weight excluding hydrogens is 513 g/mol. The molecule has 1 aliphatic rings. The van der Waals surface area contributed by atoms with Crippen LogP contribution in [0.4, 0.5) is 24.5 Å². The number of ether oxygens (including phenoxy) is 3. The number of rotatable bonds is 7. The summed E-state index contributed by atoms with van der Waals surface area (Å²) in [5.41, 5.74) is 4.41. The molecule has 11 nitrogen and oxygen atoms in total. The summed E-state index contributed by atoms with van der Waals surface area (Å²) in [6.45, 7) is -1.77. The SMILES string of the molecule is COC(=O)C1=C(C(=O)OC)N(c2cc(OCC(F)(F)F)cc([N+](=O)[O-])c2)C(N)=C(C#N)C1c1ccccc1. The number of nitriles is 1. The van der Waals surface area contributed by atoms with Gasteiger partial charge in [0, 0.05) is 12.1 Å². The third-order valence-corrected chi connectivity index (χ3v) is 5.36. The number of non-ortho nitro benzene ring substituents is 1. The average Bonchev–Trinajstić information content (AvgIpc) is 2.90. The Morgan fingerprint density at radius 1 is 1.13 bits per heavy atom. The van der Waals surface area contributed by atoms with E-state index in [-0.39, 0.29) is 16.8 Å². The van der Waals surface area contributed by atoms with E-state index in [9.17, 15) is 38.1 Å². The molecule has 2 aromatic rings. The summed E-state index contributed by atoms with van der Waals surface area (Å²) in [5.74, 6) is -4.43. The van der Waals surface area contributed by atoms with Crippen molar-refractivity contribution in [3.63, 3.8) is 0 Å². The number of esters is 2. The molecule has 38 heavy (non-hydrogen) atoms. The number of nitro groups is 1. The van der Waals surface area contributed by atoms with Crippen molar-refractivity contribution >= 4 is 23.3 Å². The van der Waals surface area contributed by atoms with Crippen molar-refractivity contribution in [3.05, 3.63) is 86.9 Å². The quantitative estimate of drug-likeness (QED) is 0.318. The van der Waals surface area contributed by atoms with Gasteiger partial charge in [-0.05, 0) is 5.56 Å². The van der Waals surface area contributed by atoms with Crippen LogP contribution >= 0.6 is 0 Å². The molecule has 3 rings (SSSR count). The van der Waals surface area contributed by atoms with Gasteiger partial charge in [-0.1, -0.05) is 30.3 Å². The number of alkyl halides is 3. The second-order valence-electron chi connectivity index (χ2n) is 7.68. The highest BCUT2D eigenvalue weighted by atomic mass is 19.4. The number of nitrogens with two attached hydrogens (primary N) is 1. The van der Waals surface area contributed by atoms with Crippen molar-refractivity contribution in [2.45, 2.75) is 12.1 Å². The summed E-state index contributed by atoms with van der Waals surface area (Å²) in [6.07, 6.45) is -4.76. The highest BCUT2D eigenvalue weighted by Gasteiger charge is 2.43. The van der Waals surface area contributed by atoms with E-state index in [0.29, 0.717) is 5.56 Å². The average molecular weight is 532 g/mol. The maximum atomic E-state index is 13.1. The fraction of sp³-hybridized carbons (Fsp3) is 0.208. The van der Waals surface area contributed by atoms with Gasteiger partial charge in [-0.3, -0.25) is 15.0 Å². The first-order chi connectivity index (χ1) is 17.9. The third kappa shape index (κ3) is 5.51. The molecule has 198 valence electrons. The van der Waals surface area contributed by atoms with E-state index in [4.69, 9.17) is 15.2 Å². The Hall–Kier alpha value is -5.06. The molecule has 0 radical (unpaired) electrons. The standard InChI is InChI=1S/C24H19F3N4O7/c1-36-22(32)19-18(13-6-4-3-5-7-13)17(11-28)21(29)30(20(19)23(33)37-2)14-8-15(31(34)35)10-16(9-14)38-12-24(25,26)27/h3-10,18H,12,29H2,1-2H3. The number of carbonyl (C=O) groups is 2. The first-order valence-corrected chi connectivity index (χ1v) is 10.6. The minimum atomic E-state index is -4.76. The predicted molar refractivity (Wildman–Crippen MR) is 124 cm³/mol. The van der Waals surface area contributed by atoms with Gasteiger partial charge in [-0.15, -0.1) is 0 Å². The molecule has 14 heteroatoms. The Balaban J connectivity index is 2.38. The van der Waals surface area contributed by atoms with Gasteiger partial charge in [-0.2, -0.15) is 18.4 Å². The molecule has 1 unspecified atom stereocenters. The van der Waals surface area contributed by atoms with Gasteiger partial charge in [0.25, 0.3) is 5.69 Å². The monoisotopic (exact) mass is 532 g/mol. The number of benzene rings is 2. The first kappa shape index (κ1) is 27.5. The van der Waals surface area contributed by atoms with Gasteiger partial charge in [-0.25, -0.2) is 9.59 Å². The fourth-order valence-corrected chi connectivity index (χ4v) is 3.83. The normalized spacial score (nSPS) is 15.6. The van der Waals surface area contributed by atoms with E-state index in [1.165, 1.54) is 0 Å². The summed E-state index contributed by atoms with van der Waals surface area (Å²) >= 11 is 0. The molecule has 1 heterocycles. The first-order valence-electron chi connectivity index (χ1n) is 10.6. The zero-order chi connectivity index (χ0) is 28.2. The van der Waals surface area contributed by atoms with E-state index in [2.05, 4.69) is 4.74 Å². The van der Waals surface area contributed by atoms with Crippen LogP contribution in [0.3, 0.4) is 0 Å². The molecule has 0 fully saturated rings. The Kier molecular flexibility index (Phi) is 7.90. The Bertz CT molecular complexity index is 1380. The van der Waals surface area contributed by atoms with E-state index in [1.807, 2.05) is 6.07 Å². The van der Waals surface area contributed by atoms with Crippen LogP contribution in [0.25, 0.3) is 0 Å². The lowest BCUT2D eigenvalue weighted by Crippen LogP contribution is -2.40. The molecule has 0 spiro atoms. The summed E-state index contributed by atoms with van der Waals surface area (Å²) in [7, 11) is 2.02. The van der Waals surface area contributed by atoms with E-state index < -0.39 is 58.5 Å². The van der Waals surface area contributed by atoms with Crippen LogP contribution in [0.5, 0.6) is 5.75 Å². The van der Waals surface area contributed by atoms with Crippen LogP contribution in [0.15, 0.2) is 71.2 Å². The van der Waals surface area contributed by atoms with Gasteiger partial charge in [0.1, 0.15) is 17.3 Å². The molecule has 1 aliphatic heterocycles. The van der Waals surface area contributed by atoms with Gasteiger partial charge in [0.2, 0.25) is 0 Å². The van der Waals surface area contributed by atoms with Crippen molar-refractivity contribution in [1.29, 1.82) is 5.26 Å². The minimum absolute atomic E-state index is 0.242. The van der Waals surface area contributed by atoms with Gasteiger partial charge in [0.15, 0.2) is 6.61 Å². The summed E-state index contributed by atoms with van der Waals surface area (Å²) in [5, 5.41) is 21.6. The number of carbonyl (C=O) groups excluding carboxylic acids is 2. The Morgan fingerprint density at radius 3 is 2.29 bits per heavy atom. The Morgan fingerprint density at radius 2 is 1.76 bits per heavy atom. The number of anilines is 1. The molecule has 1 atom stereocenters. The van der Waals surface area contributed by atoms with Crippen LogP contribution in [-0.2, 0) is 19.1 Å². The maximum Gasteiger partial charge on any atom is 0.422 e. The lowest BCUT2D eigenvalue weighted by molar-refractivity contribution is -0.384. The number of nitro benzene ring substituents is 1. The van der Waals surface area contributed by atoms with Gasteiger partial charge in [0.05, 0.1) is 54.0 Å². The number of hydrogen-bond donors (Lipinski definition) is 1. The molecular formula is C24H19F3N4O7. The molecule has 0 bridgehead atoms. The number of methoxy groups -OCH3 is 2. The van der Waals surface area contributed by atoms with E-state index in [1.54, 1.807) is 30.3 Å². The molecule has 0 saturated heterocycles. The highest BCUT2D eigenvalue weighted by molar-refractivity contribution is 6.06. The van der Waals surface area contributed by atoms with E-state index >= 15 is 0 Å². The van der Waals surface area contributed by atoms with Crippen LogP contribution in [0.1, 0.15) is 11.5 Å². The van der Waals surface area contributed by atoms with Gasteiger partial charge < -0.3 is 19.9 Å². The third-order valence-electron chi connectivity index (χ3n) is 5.36. The lowest BCUT2D eigenvalue weighted by Gasteiger charge is -2.35. The number of halogens is 3. The van der Waals surface area contributed by atoms with Crippen LogP contribution in [-0.4, -0.2) is 43.9 Å². The summed E-state index contributed by atoms with van der Waals surface area (Å²) < 4.78 is 52.7. The molecule has 0 amide bonds. The number of hydrogen-bond acceptors (Lipinski definition) is 10. The zero-order valence-corrected chi connectivity index (χ0v) is 19.8. The molecule has 0 aromatic heterocycles. The topological polar surface area (TPSA) is 158 Å². The van der Waals surface area contributed by atoms with Crippen molar-refractivity contribution in [3.8, 4) is 11.8 Å². The van der Waals surface area contributed by atoms with Crippen LogP contribution < -0.4 is 15.4 Å². The molecule has 2 aromatic carbocycles. The predicted octanol–water partition coefficient (Wildman–Crippen LogP) is 3.43. The summed E-state index contributed by atoms with van der Waals surface area (Å²) in [4.78, 5) is 37.5. The Labute approximate surface area is 213 Å². The van der Waals surface area contributed by atoms with E-state index in [0.717, 1.165) is 37.3 Å². The second-order valence-corrected chi connectivity index (χ2v) is 7.68. The van der Waals surface area contributed by atoms with Gasteiger partial charge >= 0.3 is 18.1 Å². The largest absolute Gasteiger partial charge is 0.484 e. The highest BCUT2D eigenvalue weighted by Crippen LogP contribution is 2.44. The fourth-order valence-electron chi connectivity index (χ4n) is 3.83. The second kappa shape index (κ2) is 10.9. The van der Waals surface area contributed by atoms with Crippen molar-refractivity contribution in [1.82, 2.24) is 0 Å². The molecule has 0 saturated carbocycles. The molecule has 2 N–H and O–H groups in total. The molecule has 0 aliphatic carbocycles. The van der Waals surface area contributed by atoms with Crippen molar-refractivity contribution < 1.29 is 41.9 Å². The zero-order valence-electron chi connectivity index (χ0n) is 19.8. The van der Waals surface area contributed by atoms with Crippen LogP contribution in [0, 0.1) is 21.4 Å². The van der Waals surface area contributed by atoms with Crippen LogP contribution in [0.2, 0.25) is 0 Å². The number of allylic oxidation sites excluding steroid dienone is 1. The number of nitrogens with zero attached hydrogens (tertiary/aromatic N) is 3. The minimum Gasteiger partial charge on any atom is -0.484 e. The maximum absolute atomic E-state index is 13.1. The lowest BCUT2D eigenvalue weighted by atomic mass is 9.81. The smallest absolute Gasteiger partial charge is 0.422 e. The summed E-state index contributed by atoms with van der Waals surface area (Å²) in [6, 6.07) is 12.5.